The van der Waals surface area contributed by atoms with E-state index in [0.29, 0.717) is 0 Å². The molecule has 0 aliphatic carbocycles. The van der Waals surface area contributed by atoms with E-state index in [9.17, 15) is 5.11 Å². The van der Waals surface area contributed by atoms with Crippen LogP contribution in [0.4, 0.5) is 0 Å². The fraction of sp³-hybridized carbons (Fsp3) is 0.273. The van der Waals surface area contributed by atoms with Gasteiger partial charge in [-0.3, -0.25) is 0 Å². The molecule has 2 nitrogen and oxygen atoms in total. The number of hydrogen-bond acceptors (Lipinski definition) is 4. The number of thiophene rings is 2. The summed E-state index contributed by atoms with van der Waals surface area (Å²) in [5.41, 5.74) is 0. The van der Waals surface area contributed by atoms with Crippen molar-refractivity contribution in [3.63, 3.8) is 0 Å². The fourth-order valence-electron chi connectivity index (χ4n) is 1.43. The van der Waals surface area contributed by atoms with Crippen LogP contribution in [0.2, 0.25) is 4.34 Å². The van der Waals surface area contributed by atoms with Crippen LogP contribution in [0.25, 0.3) is 0 Å². The Balaban J connectivity index is 2.01. The number of halogens is 2. The third-order valence-corrected chi connectivity index (χ3v) is 5.76. The maximum atomic E-state index is 9.40. The summed E-state index contributed by atoms with van der Waals surface area (Å²) in [7, 11) is 0. The predicted molar refractivity (Wildman–Crippen MR) is 78.0 cm³/mol. The molecule has 0 aliphatic rings. The summed E-state index contributed by atoms with van der Waals surface area (Å²) < 4.78 is 1.60. The Morgan fingerprint density at radius 3 is 2.88 bits per heavy atom. The third kappa shape index (κ3) is 3.53. The maximum Gasteiger partial charge on any atom is 0.107 e. The van der Waals surface area contributed by atoms with Gasteiger partial charge in [-0.15, -0.1) is 22.7 Å². The molecule has 2 N–H and O–H groups in total. The average Bonchev–Trinajstić information content (AvgIpc) is 2.91. The van der Waals surface area contributed by atoms with E-state index in [-0.39, 0.29) is 12.6 Å². The summed E-state index contributed by atoms with van der Waals surface area (Å²) in [6.45, 7) is 0.824. The Labute approximate surface area is 121 Å². The zero-order chi connectivity index (χ0) is 12.3. The highest BCUT2D eigenvalue weighted by Gasteiger charge is 2.14. The van der Waals surface area contributed by atoms with Crippen LogP contribution >= 0.6 is 50.2 Å². The third-order valence-electron chi connectivity index (χ3n) is 2.29. The molecule has 92 valence electrons. The molecule has 0 aromatic carbocycles. The lowest BCUT2D eigenvalue weighted by molar-refractivity contribution is 0.246. The van der Waals surface area contributed by atoms with Crippen LogP contribution < -0.4 is 5.32 Å². The molecular formula is C11H11BrClNOS2. The Morgan fingerprint density at radius 2 is 2.35 bits per heavy atom. The molecule has 6 heteroatoms. The van der Waals surface area contributed by atoms with Crippen LogP contribution in [-0.4, -0.2) is 11.7 Å². The van der Waals surface area contributed by atoms with Crippen LogP contribution in [0.3, 0.4) is 0 Å². The van der Waals surface area contributed by atoms with Crippen molar-refractivity contribution in [2.45, 2.75) is 12.6 Å². The Morgan fingerprint density at radius 1 is 1.53 bits per heavy atom. The van der Waals surface area contributed by atoms with Gasteiger partial charge in [-0.25, -0.2) is 0 Å². The van der Waals surface area contributed by atoms with Gasteiger partial charge in [0.05, 0.1) is 12.6 Å². The number of aliphatic hydroxyl groups is 1. The molecule has 17 heavy (non-hydrogen) atoms. The van der Waals surface area contributed by atoms with Gasteiger partial charge in [0, 0.05) is 20.8 Å². The normalized spacial score (nSPS) is 12.9. The van der Waals surface area contributed by atoms with Crippen molar-refractivity contribution in [3.05, 3.63) is 42.1 Å². The summed E-state index contributed by atoms with van der Waals surface area (Å²) >= 11 is 12.6. The van der Waals surface area contributed by atoms with Gasteiger partial charge >= 0.3 is 0 Å². The molecule has 0 aliphatic heterocycles. The summed E-state index contributed by atoms with van der Waals surface area (Å²) in [6, 6.07) is 5.98. The smallest absolute Gasteiger partial charge is 0.107 e. The van der Waals surface area contributed by atoms with E-state index in [4.69, 9.17) is 11.6 Å². The Hall–Kier alpha value is 0.0900. The zero-order valence-corrected chi connectivity index (χ0v) is 12.8. The van der Waals surface area contributed by atoms with Gasteiger partial charge in [0.25, 0.3) is 0 Å². The van der Waals surface area contributed by atoms with E-state index in [1.165, 1.54) is 16.2 Å². The quantitative estimate of drug-likeness (QED) is 0.851. The predicted octanol–water partition coefficient (Wildman–Crippen LogP) is 4.05. The van der Waals surface area contributed by atoms with Crippen LogP contribution in [-0.2, 0) is 6.54 Å². The van der Waals surface area contributed by atoms with Gasteiger partial charge in [-0.2, -0.15) is 0 Å². The Kier molecular flexibility index (Phi) is 5.02. The minimum Gasteiger partial charge on any atom is -0.394 e. The van der Waals surface area contributed by atoms with Crippen molar-refractivity contribution in [2.24, 2.45) is 0 Å². The van der Waals surface area contributed by atoms with Crippen molar-refractivity contribution < 1.29 is 5.11 Å². The van der Waals surface area contributed by atoms with Crippen molar-refractivity contribution in [3.8, 4) is 0 Å². The van der Waals surface area contributed by atoms with E-state index in [0.717, 1.165) is 20.2 Å². The van der Waals surface area contributed by atoms with Crippen molar-refractivity contribution in [1.82, 2.24) is 5.32 Å². The molecule has 0 spiro atoms. The minimum absolute atomic E-state index is 0.0640. The van der Waals surface area contributed by atoms with Gasteiger partial charge < -0.3 is 10.4 Å². The van der Waals surface area contributed by atoms with E-state index < -0.39 is 0 Å². The lowest BCUT2D eigenvalue weighted by Gasteiger charge is -2.13. The molecular weight excluding hydrogens is 342 g/mol. The molecule has 1 unspecified atom stereocenters. The van der Waals surface area contributed by atoms with Gasteiger partial charge in [-0.05, 0) is 33.4 Å². The first kappa shape index (κ1) is 13.5. The molecule has 0 fully saturated rings. The molecule has 2 aromatic heterocycles. The highest BCUT2D eigenvalue weighted by atomic mass is 79.9. The molecule has 0 saturated heterocycles. The molecule has 2 rings (SSSR count). The second kappa shape index (κ2) is 6.31. The lowest BCUT2D eigenvalue weighted by atomic mass is 10.2. The van der Waals surface area contributed by atoms with E-state index in [1.807, 2.05) is 17.5 Å². The number of nitrogens with one attached hydrogen (secondary N) is 1. The Bertz CT molecular complexity index is 452. The summed E-state index contributed by atoms with van der Waals surface area (Å²) in [5.74, 6) is 0. The summed E-state index contributed by atoms with van der Waals surface area (Å²) in [6.07, 6.45) is 0. The second-order valence-corrected chi connectivity index (χ2v) is 7.04. The number of hydrogen-bond donors (Lipinski definition) is 2. The summed E-state index contributed by atoms with van der Waals surface area (Å²) in [4.78, 5) is 2.30. The van der Waals surface area contributed by atoms with Crippen molar-refractivity contribution in [2.75, 3.05) is 6.61 Å². The largest absolute Gasteiger partial charge is 0.394 e. The van der Waals surface area contributed by atoms with Gasteiger partial charge in [0.15, 0.2) is 0 Å². The SMILES string of the molecule is OCC(NCc1cccs1)c1cc(Br)c(Cl)s1. The van der Waals surface area contributed by atoms with Gasteiger partial charge in [0.1, 0.15) is 4.34 Å². The van der Waals surface area contributed by atoms with Gasteiger partial charge in [0.2, 0.25) is 0 Å². The van der Waals surface area contributed by atoms with Crippen LogP contribution in [0.1, 0.15) is 15.8 Å². The van der Waals surface area contributed by atoms with Gasteiger partial charge in [-0.1, -0.05) is 17.7 Å². The van der Waals surface area contributed by atoms with Crippen LogP contribution in [0.15, 0.2) is 28.1 Å². The standard InChI is InChI=1S/C11H11BrClNOS2/c12-8-4-10(17-11(8)13)9(6-15)14-5-7-2-1-3-16-7/h1-4,9,14-15H,5-6H2. The van der Waals surface area contributed by atoms with Crippen molar-refractivity contribution in [1.29, 1.82) is 0 Å². The molecule has 0 amide bonds. The highest BCUT2D eigenvalue weighted by molar-refractivity contribution is 9.10. The highest BCUT2D eigenvalue weighted by Crippen LogP contribution is 2.35. The molecule has 2 heterocycles. The number of aliphatic hydroxyl groups excluding tert-OH is 1. The van der Waals surface area contributed by atoms with E-state index in [2.05, 4.69) is 27.3 Å². The van der Waals surface area contributed by atoms with E-state index >= 15 is 0 Å². The topological polar surface area (TPSA) is 32.3 Å². The first-order valence-electron chi connectivity index (χ1n) is 5.02. The second-order valence-electron chi connectivity index (χ2n) is 3.47. The minimum atomic E-state index is -0.0640. The summed E-state index contributed by atoms with van der Waals surface area (Å²) in [5, 5.41) is 14.8. The molecule has 1 atom stereocenters. The van der Waals surface area contributed by atoms with Crippen LogP contribution in [0.5, 0.6) is 0 Å². The molecule has 0 radical (unpaired) electrons. The van der Waals surface area contributed by atoms with Crippen LogP contribution in [0, 0.1) is 0 Å². The first-order valence-corrected chi connectivity index (χ1v) is 7.88. The zero-order valence-electron chi connectivity index (χ0n) is 8.82. The lowest BCUT2D eigenvalue weighted by Crippen LogP contribution is -2.22. The fourth-order valence-corrected chi connectivity index (χ4v) is 3.89. The monoisotopic (exact) mass is 351 g/mol. The first-order chi connectivity index (χ1) is 8.20. The molecule has 2 aromatic rings. The molecule has 0 bridgehead atoms. The van der Waals surface area contributed by atoms with Crippen molar-refractivity contribution >= 4 is 50.2 Å². The molecule has 0 saturated carbocycles. The average molecular weight is 353 g/mol. The van der Waals surface area contributed by atoms with E-state index in [1.54, 1.807) is 11.3 Å². The number of rotatable bonds is 5. The maximum absolute atomic E-state index is 9.40.